The Morgan fingerprint density at radius 2 is 1.73 bits per heavy atom. The molecule has 0 saturated carbocycles. The molecule has 9 atom stereocenters. The van der Waals surface area contributed by atoms with Crippen LogP contribution in [0.3, 0.4) is 0 Å². The lowest BCUT2D eigenvalue weighted by atomic mass is 9.70. The lowest BCUT2D eigenvalue weighted by Crippen LogP contribution is -2.59. The van der Waals surface area contributed by atoms with Gasteiger partial charge in [-0.2, -0.15) is 0 Å². The maximum atomic E-state index is 14.9. The van der Waals surface area contributed by atoms with Crippen molar-refractivity contribution >= 4 is 39.6 Å². The Balaban J connectivity index is 1.53. The van der Waals surface area contributed by atoms with E-state index in [0.29, 0.717) is 18.4 Å². The zero-order valence-electron chi connectivity index (χ0n) is 29.9. The monoisotopic (exact) mass is 763 g/mol. The van der Waals surface area contributed by atoms with Crippen LogP contribution in [0.4, 0.5) is 0 Å². The first-order chi connectivity index (χ1) is 24.4. The Labute approximate surface area is 309 Å². The van der Waals surface area contributed by atoms with Gasteiger partial charge in [0.15, 0.2) is 0 Å². The normalized spacial score (nSPS) is 26.7. The number of esters is 1. The van der Waals surface area contributed by atoms with Crippen molar-refractivity contribution in [1.29, 1.82) is 0 Å². The van der Waals surface area contributed by atoms with Crippen LogP contribution in [0.25, 0.3) is 0 Å². The molecule has 0 radical (unpaired) electrons. The van der Waals surface area contributed by atoms with Crippen LogP contribution in [0.1, 0.15) is 57.3 Å². The second-order valence-corrected chi connectivity index (χ2v) is 15.4. The minimum atomic E-state index is -1.35. The van der Waals surface area contributed by atoms with E-state index in [-0.39, 0.29) is 48.7 Å². The summed E-state index contributed by atoms with van der Waals surface area (Å²) in [5, 5.41) is 10.7. The fourth-order valence-corrected chi connectivity index (χ4v) is 9.02. The first-order valence-corrected chi connectivity index (χ1v) is 18.6. The van der Waals surface area contributed by atoms with Crippen molar-refractivity contribution in [2.75, 3.05) is 20.2 Å². The highest BCUT2D eigenvalue weighted by atomic mass is 79.9. The highest BCUT2D eigenvalue weighted by Crippen LogP contribution is 2.61. The number of aliphatic hydroxyl groups excluding tert-OH is 1. The molecular formula is C40H50BrN3O7. The van der Waals surface area contributed by atoms with Crippen LogP contribution in [0.15, 0.2) is 86.0 Å². The van der Waals surface area contributed by atoms with Crippen molar-refractivity contribution in [3.05, 3.63) is 97.1 Å². The number of halogens is 1. The first kappa shape index (κ1) is 38.4. The molecule has 0 aliphatic carbocycles. The number of likely N-dealkylation sites (tertiary alicyclic amines) is 1. The van der Waals surface area contributed by atoms with Gasteiger partial charge in [0.25, 0.3) is 0 Å². The first-order valence-electron chi connectivity index (χ1n) is 17.7. The summed E-state index contributed by atoms with van der Waals surface area (Å²) >= 11 is 3.75. The number of ether oxygens (including phenoxy) is 2. The number of carbonyl (C=O) groups is 4. The van der Waals surface area contributed by atoms with Crippen LogP contribution in [-0.2, 0) is 35.2 Å². The Morgan fingerprint density at radius 3 is 2.31 bits per heavy atom. The summed E-state index contributed by atoms with van der Waals surface area (Å²) in [6.45, 7) is 13.3. The minimum Gasteiger partial charge on any atom is -0.455 e. The van der Waals surface area contributed by atoms with Gasteiger partial charge in [0.1, 0.15) is 17.7 Å². The van der Waals surface area contributed by atoms with Gasteiger partial charge in [-0.3, -0.25) is 19.2 Å². The average Bonchev–Trinajstić information content (AvgIpc) is 3.72. The van der Waals surface area contributed by atoms with Crippen LogP contribution in [0, 0.1) is 17.8 Å². The lowest BCUT2D eigenvalue weighted by molar-refractivity contribution is -0.165. The number of benzene rings is 2. The van der Waals surface area contributed by atoms with Gasteiger partial charge in [-0.1, -0.05) is 103 Å². The van der Waals surface area contributed by atoms with E-state index in [1.54, 1.807) is 29.0 Å². The van der Waals surface area contributed by atoms with Crippen molar-refractivity contribution in [3.8, 4) is 0 Å². The number of hydrogen-bond acceptors (Lipinski definition) is 7. The third kappa shape index (κ3) is 7.30. The van der Waals surface area contributed by atoms with Crippen LogP contribution in [-0.4, -0.2) is 98.4 Å². The number of allylic oxidation sites excluding steroid dienone is 1. The van der Waals surface area contributed by atoms with Crippen LogP contribution in [0.2, 0.25) is 0 Å². The molecule has 2 bridgehead atoms. The Morgan fingerprint density at radius 1 is 1.08 bits per heavy atom. The summed E-state index contributed by atoms with van der Waals surface area (Å²) in [6.07, 6.45) is 2.84. The van der Waals surface area contributed by atoms with Crippen molar-refractivity contribution in [2.24, 2.45) is 17.8 Å². The van der Waals surface area contributed by atoms with Gasteiger partial charge in [-0.05, 0) is 36.8 Å². The van der Waals surface area contributed by atoms with Gasteiger partial charge >= 0.3 is 5.97 Å². The fraction of sp³-hybridized carbons (Fsp3) is 0.500. The fourth-order valence-electron chi connectivity index (χ4n) is 8.08. The van der Waals surface area contributed by atoms with Crippen molar-refractivity contribution in [2.45, 2.75) is 87.3 Å². The van der Waals surface area contributed by atoms with Gasteiger partial charge in [0.05, 0.1) is 36.6 Å². The summed E-state index contributed by atoms with van der Waals surface area (Å²) < 4.78 is 13.1. The molecule has 3 heterocycles. The molecule has 3 aliphatic rings. The van der Waals surface area contributed by atoms with Crippen molar-refractivity contribution in [1.82, 2.24) is 14.7 Å². The molecular weight excluding hydrogens is 714 g/mol. The number of amides is 3. The zero-order chi connectivity index (χ0) is 37.0. The molecule has 274 valence electrons. The number of rotatable bonds is 16. The molecule has 51 heavy (non-hydrogen) atoms. The third-order valence-corrected chi connectivity index (χ3v) is 11.6. The Bertz CT molecular complexity index is 1590. The summed E-state index contributed by atoms with van der Waals surface area (Å²) in [6, 6.07) is 16.4. The predicted octanol–water partition coefficient (Wildman–Crippen LogP) is 5.06. The Kier molecular flexibility index (Phi) is 12.2. The van der Waals surface area contributed by atoms with Crippen molar-refractivity contribution in [3.63, 3.8) is 0 Å². The standard InChI is InChI=1S/C40H50BrN3O7/c1-7-9-20-31(46)42(6)26(5)34(28-18-14-11-15-19-28)50-39(49)32-33-37(47)44(30(24-45)25(3)4)36(40(33)22-29(41)35(32)51-40)38(48)43(21-8-2)23-27-16-12-10-13-17-27/h7-8,10-19,25-26,29-30,32-36,45H,1-2,9,20-24H2,3-6H3/t26-,29?,30+,32+,33-,34+,35+,36+,40-/m1/s1. The number of nitrogens with zero attached hydrogens (tertiary/aromatic N) is 3. The second-order valence-electron chi connectivity index (χ2n) is 14.2. The zero-order valence-corrected chi connectivity index (χ0v) is 31.5. The van der Waals surface area contributed by atoms with E-state index in [4.69, 9.17) is 9.47 Å². The summed E-state index contributed by atoms with van der Waals surface area (Å²) in [7, 11) is 1.68. The van der Waals surface area contributed by atoms with E-state index in [0.717, 1.165) is 5.56 Å². The van der Waals surface area contributed by atoms with Gasteiger partial charge in [-0.25, -0.2) is 0 Å². The highest BCUT2D eigenvalue weighted by molar-refractivity contribution is 9.09. The maximum Gasteiger partial charge on any atom is 0.313 e. The van der Waals surface area contributed by atoms with E-state index in [2.05, 4.69) is 29.1 Å². The molecule has 3 amide bonds. The molecule has 11 heteroatoms. The number of likely N-dealkylation sites (N-methyl/N-ethyl adjacent to an activating group) is 1. The molecule has 3 aliphatic heterocycles. The summed E-state index contributed by atoms with van der Waals surface area (Å²) in [5.41, 5.74) is 0.260. The predicted molar refractivity (Wildman–Crippen MR) is 197 cm³/mol. The Hall–Kier alpha value is -3.80. The molecule has 3 saturated heterocycles. The summed E-state index contributed by atoms with van der Waals surface area (Å²) in [4.78, 5) is 61.7. The van der Waals surface area contributed by atoms with Crippen molar-refractivity contribution < 1.29 is 33.8 Å². The van der Waals surface area contributed by atoms with Gasteiger partial charge in [0, 0.05) is 31.4 Å². The maximum absolute atomic E-state index is 14.9. The van der Waals surface area contributed by atoms with Crippen LogP contribution < -0.4 is 0 Å². The van der Waals surface area contributed by atoms with E-state index < -0.39 is 59.6 Å². The number of alkyl halides is 1. The molecule has 2 aromatic rings. The topological polar surface area (TPSA) is 117 Å². The van der Waals surface area contributed by atoms with Gasteiger partial charge < -0.3 is 29.3 Å². The molecule has 2 aromatic carbocycles. The molecule has 10 nitrogen and oxygen atoms in total. The number of aliphatic hydroxyl groups is 1. The summed E-state index contributed by atoms with van der Waals surface area (Å²) in [5.74, 6) is -3.76. The highest BCUT2D eigenvalue weighted by Gasteiger charge is 2.77. The van der Waals surface area contributed by atoms with Crippen LogP contribution >= 0.6 is 15.9 Å². The quantitative estimate of drug-likeness (QED) is 0.144. The number of hydrogen-bond donors (Lipinski definition) is 1. The second kappa shape index (κ2) is 16.3. The minimum absolute atomic E-state index is 0.117. The molecule has 3 fully saturated rings. The number of fused-ring (bicyclic) bond motifs is 1. The molecule has 1 N–H and O–H groups in total. The molecule has 1 unspecified atom stereocenters. The molecule has 5 rings (SSSR count). The lowest BCUT2D eigenvalue weighted by Gasteiger charge is -2.40. The van der Waals surface area contributed by atoms with E-state index >= 15 is 0 Å². The largest absolute Gasteiger partial charge is 0.455 e. The smallest absolute Gasteiger partial charge is 0.313 e. The molecule has 0 aromatic heterocycles. The van der Waals surface area contributed by atoms with E-state index in [9.17, 15) is 24.3 Å². The van der Waals surface area contributed by atoms with Gasteiger partial charge in [-0.15, -0.1) is 13.2 Å². The van der Waals surface area contributed by atoms with E-state index in [1.807, 2.05) is 81.4 Å². The van der Waals surface area contributed by atoms with E-state index in [1.165, 1.54) is 4.90 Å². The number of carbonyl (C=O) groups excluding carboxylic acids is 4. The molecule has 1 spiro atoms. The van der Waals surface area contributed by atoms with Crippen LogP contribution in [0.5, 0.6) is 0 Å². The average molecular weight is 765 g/mol. The third-order valence-electron chi connectivity index (χ3n) is 10.8. The van der Waals surface area contributed by atoms with Gasteiger partial charge in [0.2, 0.25) is 17.7 Å². The SMILES string of the molecule is C=CCCC(=O)N(C)[C@H](C)[C@H](OC(=O)[C@@H]1[C@H]2O[C@@]3(CC2Br)[C@H](C(=O)N(CC=C)Cc2ccccc2)N([C@@H](CO)C(C)C)C(=O)[C@@H]13)c1ccccc1.